The van der Waals surface area contributed by atoms with Crippen LogP contribution in [0.5, 0.6) is 0 Å². The maximum absolute atomic E-state index is 11.7. The summed E-state index contributed by atoms with van der Waals surface area (Å²) in [7, 11) is 1.45. The van der Waals surface area contributed by atoms with Crippen molar-refractivity contribution in [1.29, 1.82) is 0 Å². The molecule has 0 aliphatic rings. The third-order valence-electron chi connectivity index (χ3n) is 2.70. The van der Waals surface area contributed by atoms with Gasteiger partial charge in [-0.3, -0.25) is 4.57 Å². The average molecular weight is 413 g/mol. The van der Waals surface area contributed by atoms with Gasteiger partial charge in [0.05, 0.1) is 5.02 Å². The van der Waals surface area contributed by atoms with E-state index < -0.39 is 14.6 Å². The number of hydrogen-bond donors (Lipinski definition) is 0. The SMILES string of the molecule is CC(C)(C)n1c(-c2ccc(Cl)c(Br)c2)nnc1S(=O)(=O)Cl. The first-order chi connectivity index (χ1) is 9.51. The lowest BCUT2D eigenvalue weighted by Gasteiger charge is -2.24. The number of nitrogens with zero attached hydrogens (tertiary/aromatic N) is 3. The molecule has 9 heteroatoms. The minimum atomic E-state index is -4.00. The van der Waals surface area contributed by atoms with E-state index in [1.54, 1.807) is 18.2 Å². The summed E-state index contributed by atoms with van der Waals surface area (Å²) < 4.78 is 25.5. The Hall–Kier alpha value is -0.630. The van der Waals surface area contributed by atoms with Gasteiger partial charge in [-0.2, -0.15) is 0 Å². The van der Waals surface area contributed by atoms with Crippen LogP contribution in [0.1, 0.15) is 20.8 Å². The fourth-order valence-corrected chi connectivity index (χ4v) is 3.37. The number of rotatable bonds is 2. The number of halogens is 3. The topological polar surface area (TPSA) is 64.8 Å². The van der Waals surface area contributed by atoms with Gasteiger partial charge >= 0.3 is 0 Å². The van der Waals surface area contributed by atoms with Gasteiger partial charge in [0.25, 0.3) is 14.2 Å². The highest BCUT2D eigenvalue weighted by Gasteiger charge is 2.30. The van der Waals surface area contributed by atoms with Crippen LogP contribution >= 0.6 is 38.2 Å². The molecule has 0 unspecified atom stereocenters. The van der Waals surface area contributed by atoms with Crippen LogP contribution in [0.25, 0.3) is 11.4 Å². The van der Waals surface area contributed by atoms with Crippen LogP contribution in [0, 0.1) is 0 Å². The number of benzene rings is 1. The molecule has 0 aliphatic heterocycles. The molecular weight excluding hydrogens is 401 g/mol. The minimum Gasteiger partial charge on any atom is -0.291 e. The Bertz CT molecular complexity index is 797. The Kier molecular flexibility index (Phi) is 4.41. The molecular formula is C12H12BrCl2N3O2S. The third-order valence-corrected chi connectivity index (χ3v) is 5.03. The summed E-state index contributed by atoms with van der Waals surface area (Å²) in [6.07, 6.45) is 0. The van der Waals surface area contributed by atoms with E-state index in [9.17, 15) is 8.42 Å². The van der Waals surface area contributed by atoms with E-state index in [1.807, 2.05) is 20.8 Å². The molecule has 0 amide bonds. The highest BCUT2D eigenvalue weighted by molar-refractivity contribution is 9.10. The first kappa shape index (κ1) is 16.7. The lowest BCUT2D eigenvalue weighted by atomic mass is 10.1. The van der Waals surface area contributed by atoms with Crippen LogP contribution in [0.15, 0.2) is 27.8 Å². The van der Waals surface area contributed by atoms with Crippen LogP contribution in [0.2, 0.25) is 5.02 Å². The van der Waals surface area contributed by atoms with Gasteiger partial charge in [-0.05, 0) is 54.9 Å². The van der Waals surface area contributed by atoms with Crippen molar-refractivity contribution in [3.63, 3.8) is 0 Å². The average Bonchev–Trinajstić information content (AvgIpc) is 2.76. The molecule has 5 nitrogen and oxygen atoms in total. The molecule has 0 saturated carbocycles. The van der Waals surface area contributed by atoms with Gasteiger partial charge in [-0.15, -0.1) is 10.2 Å². The van der Waals surface area contributed by atoms with E-state index in [-0.39, 0.29) is 5.16 Å². The maximum Gasteiger partial charge on any atom is 0.296 e. The van der Waals surface area contributed by atoms with Crippen LogP contribution in [0.3, 0.4) is 0 Å². The van der Waals surface area contributed by atoms with E-state index in [0.717, 1.165) is 0 Å². The highest BCUT2D eigenvalue weighted by atomic mass is 79.9. The fraction of sp³-hybridized carbons (Fsp3) is 0.333. The monoisotopic (exact) mass is 411 g/mol. The molecule has 0 saturated heterocycles. The zero-order chi connectivity index (χ0) is 16.0. The molecule has 114 valence electrons. The summed E-state index contributed by atoms with van der Waals surface area (Å²) in [5.74, 6) is 0.402. The fourth-order valence-electron chi connectivity index (χ4n) is 1.85. The standard InChI is InChI=1S/C12H12BrCl2N3O2S/c1-12(2,3)18-10(16-17-11(18)21(15,19)20)7-4-5-9(14)8(13)6-7/h4-6H,1-3H3. The van der Waals surface area contributed by atoms with Gasteiger partial charge in [0, 0.05) is 26.3 Å². The first-order valence-electron chi connectivity index (χ1n) is 5.88. The van der Waals surface area contributed by atoms with Gasteiger partial charge in [0.1, 0.15) is 0 Å². The van der Waals surface area contributed by atoms with E-state index in [1.165, 1.54) is 4.57 Å². The molecule has 0 aliphatic carbocycles. The van der Waals surface area contributed by atoms with Crippen molar-refractivity contribution in [2.45, 2.75) is 31.5 Å². The van der Waals surface area contributed by atoms with Crippen LogP contribution in [-0.4, -0.2) is 23.2 Å². The van der Waals surface area contributed by atoms with Crippen molar-refractivity contribution in [3.8, 4) is 11.4 Å². The largest absolute Gasteiger partial charge is 0.296 e. The Morgan fingerprint density at radius 2 is 1.86 bits per heavy atom. The Balaban J connectivity index is 2.76. The van der Waals surface area contributed by atoms with Gasteiger partial charge in [-0.1, -0.05) is 11.6 Å². The van der Waals surface area contributed by atoms with Crippen molar-refractivity contribution in [2.24, 2.45) is 0 Å². The lowest BCUT2D eigenvalue weighted by Crippen LogP contribution is -2.25. The Labute approximate surface area is 140 Å². The molecule has 0 N–H and O–H groups in total. The smallest absolute Gasteiger partial charge is 0.291 e. The summed E-state index contributed by atoms with van der Waals surface area (Å²) in [5.41, 5.74) is 0.114. The van der Waals surface area contributed by atoms with E-state index in [4.69, 9.17) is 22.3 Å². The quantitative estimate of drug-likeness (QED) is 0.698. The second-order valence-electron chi connectivity index (χ2n) is 5.38. The molecule has 0 bridgehead atoms. The van der Waals surface area contributed by atoms with Crippen molar-refractivity contribution >= 4 is 47.3 Å². The molecule has 0 radical (unpaired) electrons. The predicted octanol–water partition coefficient (Wildman–Crippen LogP) is 4.04. The maximum atomic E-state index is 11.7. The van der Waals surface area contributed by atoms with E-state index in [2.05, 4.69) is 26.1 Å². The van der Waals surface area contributed by atoms with Crippen LogP contribution < -0.4 is 0 Å². The second-order valence-corrected chi connectivity index (χ2v) is 9.10. The molecule has 1 heterocycles. The molecule has 1 aromatic heterocycles. The van der Waals surface area contributed by atoms with Crippen molar-refractivity contribution in [1.82, 2.24) is 14.8 Å². The van der Waals surface area contributed by atoms with Crippen molar-refractivity contribution in [2.75, 3.05) is 0 Å². The van der Waals surface area contributed by atoms with Crippen molar-refractivity contribution < 1.29 is 8.42 Å². The van der Waals surface area contributed by atoms with Gasteiger partial charge in [-0.25, -0.2) is 8.42 Å². The number of hydrogen-bond acceptors (Lipinski definition) is 4. The third kappa shape index (κ3) is 3.41. The lowest BCUT2D eigenvalue weighted by molar-refractivity contribution is 0.367. The zero-order valence-corrected chi connectivity index (χ0v) is 15.3. The van der Waals surface area contributed by atoms with Crippen molar-refractivity contribution in [3.05, 3.63) is 27.7 Å². The second kappa shape index (κ2) is 5.53. The van der Waals surface area contributed by atoms with Crippen LogP contribution in [0.4, 0.5) is 0 Å². The molecule has 0 atom stereocenters. The molecule has 21 heavy (non-hydrogen) atoms. The summed E-state index contributed by atoms with van der Waals surface area (Å²) in [6, 6.07) is 5.18. The Morgan fingerprint density at radius 3 is 2.33 bits per heavy atom. The molecule has 2 aromatic rings. The molecule has 1 aromatic carbocycles. The Morgan fingerprint density at radius 1 is 1.24 bits per heavy atom. The molecule has 0 fully saturated rings. The van der Waals surface area contributed by atoms with Gasteiger partial charge < -0.3 is 0 Å². The van der Waals surface area contributed by atoms with Gasteiger partial charge in [0.15, 0.2) is 5.82 Å². The summed E-state index contributed by atoms with van der Waals surface area (Å²) >= 11 is 9.30. The van der Waals surface area contributed by atoms with Crippen LogP contribution in [-0.2, 0) is 14.6 Å². The molecule has 2 rings (SSSR count). The summed E-state index contributed by atoms with van der Waals surface area (Å²) in [5, 5.41) is 7.97. The summed E-state index contributed by atoms with van der Waals surface area (Å²) in [6.45, 7) is 5.53. The normalized spacial score (nSPS) is 12.7. The summed E-state index contributed by atoms with van der Waals surface area (Å²) in [4.78, 5) is 0. The number of aromatic nitrogens is 3. The minimum absolute atomic E-state index is 0.280. The van der Waals surface area contributed by atoms with E-state index >= 15 is 0 Å². The van der Waals surface area contributed by atoms with E-state index in [0.29, 0.717) is 20.9 Å². The predicted molar refractivity (Wildman–Crippen MR) is 86.2 cm³/mol. The van der Waals surface area contributed by atoms with Gasteiger partial charge in [0.2, 0.25) is 0 Å². The highest BCUT2D eigenvalue weighted by Crippen LogP contribution is 2.32. The first-order valence-corrected chi connectivity index (χ1v) is 9.36. The zero-order valence-electron chi connectivity index (χ0n) is 11.4. The molecule has 0 spiro atoms.